The van der Waals surface area contributed by atoms with Crippen LogP contribution in [0.4, 0.5) is 0 Å². The lowest BCUT2D eigenvalue weighted by atomic mass is 10.3. The van der Waals surface area contributed by atoms with Gasteiger partial charge in [-0.15, -0.1) is 11.3 Å². The van der Waals surface area contributed by atoms with Crippen molar-refractivity contribution in [2.75, 3.05) is 0 Å². The summed E-state index contributed by atoms with van der Waals surface area (Å²) in [5, 5.41) is 6.39. The van der Waals surface area contributed by atoms with Crippen LogP contribution in [0.5, 0.6) is 0 Å². The van der Waals surface area contributed by atoms with Gasteiger partial charge in [-0.1, -0.05) is 29.1 Å². The molecule has 0 aromatic carbocycles. The average molecular weight is 369 g/mol. The first-order valence-corrected chi connectivity index (χ1v) is 9.16. The minimum Gasteiger partial charge on any atom is -0.338 e. The molecule has 0 amide bonds. The van der Waals surface area contributed by atoms with Crippen LogP contribution in [0.3, 0.4) is 0 Å². The van der Waals surface area contributed by atoms with E-state index in [1.54, 1.807) is 17.5 Å². The number of H-pyrrole nitrogens is 1. The van der Waals surface area contributed by atoms with Crippen LogP contribution in [-0.4, -0.2) is 25.1 Å². The zero-order chi connectivity index (χ0) is 17.1. The molecular weight excluding hydrogens is 358 g/mol. The molecule has 0 aliphatic heterocycles. The first kappa shape index (κ1) is 15.7. The molecule has 0 aliphatic carbocycles. The molecule has 0 aliphatic rings. The lowest BCUT2D eigenvalue weighted by Gasteiger charge is -2.02. The summed E-state index contributed by atoms with van der Waals surface area (Å²) in [4.78, 5) is 28.5. The lowest BCUT2D eigenvalue weighted by molar-refractivity contribution is 0.391. The quantitative estimate of drug-likeness (QED) is 0.426. The van der Waals surface area contributed by atoms with Crippen molar-refractivity contribution in [2.45, 2.75) is 10.9 Å². The first-order valence-electron chi connectivity index (χ1n) is 7.30. The molecule has 0 spiro atoms. The number of rotatable bonds is 5. The first-order chi connectivity index (χ1) is 12.3. The van der Waals surface area contributed by atoms with Gasteiger partial charge in [-0.2, -0.15) is 4.98 Å². The fourth-order valence-corrected chi connectivity index (χ4v) is 3.46. The summed E-state index contributed by atoms with van der Waals surface area (Å²) < 4.78 is 5.25. The molecule has 4 aromatic heterocycles. The fourth-order valence-electron chi connectivity index (χ4n) is 2.10. The van der Waals surface area contributed by atoms with Crippen molar-refractivity contribution >= 4 is 23.1 Å². The third kappa shape index (κ3) is 3.67. The van der Waals surface area contributed by atoms with Crippen LogP contribution < -0.4 is 5.56 Å². The summed E-state index contributed by atoms with van der Waals surface area (Å²) in [6, 6.07) is 10.8. The molecule has 0 atom stereocenters. The molecule has 7 nitrogen and oxygen atoms in total. The van der Waals surface area contributed by atoms with Crippen molar-refractivity contribution in [3.8, 4) is 22.1 Å². The highest BCUT2D eigenvalue weighted by molar-refractivity contribution is 7.98. The van der Waals surface area contributed by atoms with Gasteiger partial charge in [-0.3, -0.25) is 9.78 Å². The fraction of sp³-hybridized carbons (Fsp3) is 0.0625. The van der Waals surface area contributed by atoms with Crippen molar-refractivity contribution < 1.29 is 4.52 Å². The summed E-state index contributed by atoms with van der Waals surface area (Å²) >= 11 is 2.87. The van der Waals surface area contributed by atoms with Crippen LogP contribution in [0.25, 0.3) is 22.1 Å². The van der Waals surface area contributed by atoms with Crippen LogP contribution in [0.1, 0.15) is 5.89 Å². The topological polar surface area (TPSA) is 97.6 Å². The van der Waals surface area contributed by atoms with Crippen LogP contribution in [0, 0.1) is 0 Å². The number of aromatic amines is 1. The van der Waals surface area contributed by atoms with E-state index < -0.39 is 0 Å². The molecule has 0 bridgehead atoms. The molecule has 0 fully saturated rings. The third-order valence-corrected chi connectivity index (χ3v) is 4.91. The van der Waals surface area contributed by atoms with E-state index in [4.69, 9.17) is 4.52 Å². The Kier molecular flexibility index (Phi) is 4.40. The molecule has 0 unspecified atom stereocenters. The highest BCUT2D eigenvalue weighted by Crippen LogP contribution is 2.24. The predicted molar refractivity (Wildman–Crippen MR) is 95.3 cm³/mol. The van der Waals surface area contributed by atoms with Crippen molar-refractivity contribution in [1.82, 2.24) is 25.1 Å². The second-order valence-corrected chi connectivity index (χ2v) is 6.84. The number of thiophene rings is 1. The summed E-state index contributed by atoms with van der Waals surface area (Å²) in [7, 11) is 0. The second-order valence-electron chi connectivity index (χ2n) is 4.93. The van der Waals surface area contributed by atoms with E-state index in [1.165, 1.54) is 17.8 Å². The van der Waals surface area contributed by atoms with Crippen molar-refractivity contribution in [3.05, 3.63) is 64.2 Å². The van der Waals surface area contributed by atoms with Crippen LogP contribution in [-0.2, 0) is 5.75 Å². The van der Waals surface area contributed by atoms with Gasteiger partial charge in [0.15, 0.2) is 5.16 Å². The maximum Gasteiger partial charge on any atom is 0.252 e. The highest BCUT2D eigenvalue weighted by atomic mass is 32.2. The Labute approximate surface area is 150 Å². The molecule has 0 saturated heterocycles. The SMILES string of the molecule is O=c1cc(-c2ccccn2)nc(SCc2nc(-c3cccs3)no2)[nH]1. The van der Waals surface area contributed by atoms with E-state index in [0.717, 1.165) is 4.88 Å². The van der Waals surface area contributed by atoms with E-state index in [0.29, 0.717) is 34.0 Å². The highest BCUT2D eigenvalue weighted by Gasteiger charge is 2.11. The molecule has 25 heavy (non-hydrogen) atoms. The van der Waals surface area contributed by atoms with E-state index in [2.05, 4.69) is 25.1 Å². The van der Waals surface area contributed by atoms with E-state index in [9.17, 15) is 4.79 Å². The smallest absolute Gasteiger partial charge is 0.252 e. The predicted octanol–water partition coefficient (Wildman–Crippen LogP) is 3.24. The number of pyridine rings is 1. The minimum atomic E-state index is -0.233. The zero-order valence-corrected chi connectivity index (χ0v) is 14.4. The Balaban J connectivity index is 1.52. The lowest BCUT2D eigenvalue weighted by Crippen LogP contribution is -2.08. The van der Waals surface area contributed by atoms with Gasteiger partial charge in [0, 0.05) is 12.3 Å². The van der Waals surface area contributed by atoms with Gasteiger partial charge in [-0.25, -0.2) is 4.98 Å². The van der Waals surface area contributed by atoms with E-state index in [1.807, 2.05) is 35.7 Å². The summed E-state index contributed by atoms with van der Waals surface area (Å²) in [5.74, 6) is 1.45. The van der Waals surface area contributed by atoms with Gasteiger partial charge in [-0.05, 0) is 23.6 Å². The maximum atomic E-state index is 11.9. The van der Waals surface area contributed by atoms with Crippen LogP contribution >= 0.6 is 23.1 Å². The number of nitrogens with zero attached hydrogens (tertiary/aromatic N) is 4. The van der Waals surface area contributed by atoms with Gasteiger partial charge >= 0.3 is 0 Å². The number of hydrogen-bond donors (Lipinski definition) is 1. The van der Waals surface area contributed by atoms with Gasteiger partial charge in [0.2, 0.25) is 11.7 Å². The Morgan fingerprint density at radius 3 is 2.92 bits per heavy atom. The summed E-state index contributed by atoms with van der Waals surface area (Å²) in [6.45, 7) is 0. The van der Waals surface area contributed by atoms with Crippen LogP contribution in [0.2, 0.25) is 0 Å². The standard InChI is InChI=1S/C16H11N5O2S2/c22-13-8-11(10-4-1-2-6-17-10)18-16(19-13)25-9-14-20-15(21-23-14)12-5-3-7-24-12/h1-8H,9H2,(H,18,19,22). The van der Waals surface area contributed by atoms with E-state index >= 15 is 0 Å². The zero-order valence-electron chi connectivity index (χ0n) is 12.7. The Morgan fingerprint density at radius 1 is 1.16 bits per heavy atom. The second kappa shape index (κ2) is 6.99. The van der Waals surface area contributed by atoms with Crippen molar-refractivity contribution in [3.63, 3.8) is 0 Å². The molecule has 0 saturated carbocycles. The minimum absolute atomic E-state index is 0.233. The van der Waals surface area contributed by atoms with E-state index in [-0.39, 0.29) is 5.56 Å². The Bertz CT molecular complexity index is 1030. The molecule has 1 N–H and O–H groups in total. The monoisotopic (exact) mass is 369 g/mol. The molecule has 4 heterocycles. The Hall–Kier alpha value is -2.78. The van der Waals surface area contributed by atoms with Crippen molar-refractivity contribution in [2.24, 2.45) is 0 Å². The average Bonchev–Trinajstić information content (AvgIpc) is 3.32. The normalized spacial score (nSPS) is 10.9. The van der Waals surface area contributed by atoms with Gasteiger partial charge in [0.05, 0.1) is 22.0 Å². The van der Waals surface area contributed by atoms with Crippen LogP contribution in [0.15, 0.2) is 62.4 Å². The molecule has 4 aromatic rings. The largest absolute Gasteiger partial charge is 0.338 e. The number of aromatic nitrogens is 5. The number of thioether (sulfide) groups is 1. The number of nitrogens with one attached hydrogen (secondary N) is 1. The summed E-state index contributed by atoms with van der Waals surface area (Å²) in [6.07, 6.45) is 1.66. The number of hydrogen-bond acceptors (Lipinski definition) is 8. The van der Waals surface area contributed by atoms with Gasteiger partial charge in [0.1, 0.15) is 0 Å². The maximum absolute atomic E-state index is 11.9. The molecule has 0 radical (unpaired) electrons. The van der Waals surface area contributed by atoms with Gasteiger partial charge in [0.25, 0.3) is 5.56 Å². The summed E-state index contributed by atoms with van der Waals surface area (Å²) in [5.41, 5.74) is 0.938. The third-order valence-electron chi connectivity index (χ3n) is 3.19. The van der Waals surface area contributed by atoms with Gasteiger partial charge < -0.3 is 9.51 Å². The molecular formula is C16H11N5O2S2. The Morgan fingerprint density at radius 2 is 2.12 bits per heavy atom. The molecule has 124 valence electrons. The van der Waals surface area contributed by atoms with Crippen molar-refractivity contribution in [1.29, 1.82) is 0 Å². The molecule has 9 heteroatoms. The molecule has 4 rings (SSSR count).